The first-order valence-corrected chi connectivity index (χ1v) is 15.7. The van der Waals surface area contributed by atoms with Gasteiger partial charge < -0.3 is 9.64 Å². The molecule has 1 aromatic carbocycles. The Bertz CT molecular complexity index is 2000. The van der Waals surface area contributed by atoms with E-state index < -0.39 is 11.5 Å². The molecule has 2 aliphatic rings. The lowest BCUT2D eigenvalue weighted by Gasteiger charge is -2.27. The number of halogens is 1. The van der Waals surface area contributed by atoms with Crippen molar-refractivity contribution in [3.8, 4) is 23.5 Å². The van der Waals surface area contributed by atoms with Gasteiger partial charge in [0.1, 0.15) is 29.3 Å². The second-order valence-corrected chi connectivity index (χ2v) is 12.7. The Morgan fingerprint density at radius 2 is 1.98 bits per heavy atom. The summed E-state index contributed by atoms with van der Waals surface area (Å²) in [7, 11) is 0. The number of carbonyl (C=O) groups is 3. The van der Waals surface area contributed by atoms with E-state index >= 15 is 0 Å². The van der Waals surface area contributed by atoms with Crippen LogP contribution >= 0.6 is 15.9 Å². The van der Waals surface area contributed by atoms with Gasteiger partial charge in [0.15, 0.2) is 11.6 Å². The van der Waals surface area contributed by atoms with Crippen molar-refractivity contribution in [1.29, 1.82) is 0 Å². The van der Waals surface area contributed by atoms with Crippen LogP contribution in [-0.4, -0.2) is 72.3 Å². The number of rotatable bonds is 12. The Morgan fingerprint density at radius 1 is 1.19 bits per heavy atom. The highest BCUT2D eigenvalue weighted by atomic mass is 79.9. The molecule has 2 fully saturated rings. The van der Waals surface area contributed by atoms with Crippen LogP contribution in [0.3, 0.4) is 0 Å². The Kier molecular flexibility index (Phi) is 8.88. The van der Waals surface area contributed by atoms with E-state index in [1.807, 2.05) is 24.3 Å². The Hall–Kier alpha value is -4.96. The number of nitrogens with zero attached hydrogens (tertiary/aromatic N) is 9. The van der Waals surface area contributed by atoms with E-state index in [0.29, 0.717) is 39.9 Å². The maximum Gasteiger partial charge on any atom is 0.245 e. The van der Waals surface area contributed by atoms with Gasteiger partial charge in [-0.1, -0.05) is 23.2 Å². The molecule has 0 N–H and O–H groups in total. The van der Waals surface area contributed by atoms with Crippen molar-refractivity contribution < 1.29 is 19.1 Å². The van der Waals surface area contributed by atoms with E-state index in [-0.39, 0.29) is 61.9 Å². The summed E-state index contributed by atoms with van der Waals surface area (Å²) < 4.78 is 7.58. The molecule has 0 unspecified atom stereocenters. The number of carbonyl (C=O) groups excluding carboxylic acids is 3. The number of hydrogen-bond donors (Lipinski definition) is 0. The largest absolute Gasteiger partial charge is 0.364 e. The molecular formula is C33H30BrN9O4. The van der Waals surface area contributed by atoms with Gasteiger partial charge in [-0.05, 0) is 70.6 Å². The van der Waals surface area contributed by atoms with Crippen LogP contribution in [0, 0.1) is 24.7 Å². The summed E-state index contributed by atoms with van der Waals surface area (Å²) in [5.74, 6) is 2.32. The minimum atomic E-state index is -0.752. The molecule has 6 rings (SSSR count). The van der Waals surface area contributed by atoms with Crippen LogP contribution in [-0.2, 0) is 33.9 Å². The first kappa shape index (κ1) is 32.0. The summed E-state index contributed by atoms with van der Waals surface area (Å²) in [6.07, 6.45) is 9.71. The molecule has 3 atom stereocenters. The molecule has 14 heteroatoms. The van der Waals surface area contributed by atoms with Crippen molar-refractivity contribution in [3.63, 3.8) is 0 Å². The van der Waals surface area contributed by atoms with Crippen molar-refractivity contribution in [2.24, 2.45) is 10.5 Å². The van der Waals surface area contributed by atoms with Gasteiger partial charge in [0.25, 0.3) is 0 Å². The highest BCUT2D eigenvalue weighted by Gasteiger charge is 2.66. The Labute approximate surface area is 278 Å². The van der Waals surface area contributed by atoms with Crippen LogP contribution in [0.4, 0.5) is 0 Å². The number of terminal acetylenes is 1. The molecule has 4 aromatic rings. The number of pyridine rings is 1. The number of benzene rings is 1. The maximum absolute atomic E-state index is 14.1. The average molecular weight is 697 g/mol. The minimum Gasteiger partial charge on any atom is -0.364 e. The fourth-order valence-corrected chi connectivity index (χ4v) is 6.79. The number of azide groups is 1. The molecular weight excluding hydrogens is 666 g/mol. The van der Waals surface area contributed by atoms with E-state index in [0.717, 1.165) is 16.7 Å². The second-order valence-electron chi connectivity index (χ2n) is 11.9. The first-order valence-electron chi connectivity index (χ1n) is 14.9. The van der Waals surface area contributed by atoms with Crippen LogP contribution < -0.4 is 0 Å². The topological polar surface area (TPSA) is 169 Å². The monoisotopic (exact) mass is 695 g/mol. The van der Waals surface area contributed by atoms with Gasteiger partial charge in [-0.15, -0.1) is 6.42 Å². The third-order valence-corrected chi connectivity index (χ3v) is 9.27. The number of amides is 1. The quantitative estimate of drug-likeness (QED) is 0.0387. The molecule has 1 aliphatic carbocycles. The zero-order valence-electron chi connectivity index (χ0n) is 25.8. The molecule has 47 heavy (non-hydrogen) atoms. The molecule has 1 aliphatic heterocycles. The summed E-state index contributed by atoms with van der Waals surface area (Å²) in [6.45, 7) is 3.54. The molecule has 0 bridgehead atoms. The lowest BCUT2D eigenvalue weighted by atomic mass is 9.94. The van der Waals surface area contributed by atoms with E-state index in [9.17, 15) is 14.4 Å². The number of likely N-dealkylation sites (tertiary alicyclic amines) is 1. The molecule has 13 nitrogen and oxygen atoms in total. The molecule has 0 radical (unpaired) electrons. The van der Waals surface area contributed by atoms with Crippen molar-refractivity contribution in [2.75, 3.05) is 13.2 Å². The van der Waals surface area contributed by atoms with Crippen LogP contribution in [0.1, 0.15) is 47.3 Å². The molecule has 3 aromatic heterocycles. The number of aryl methyl sites for hydroxylation is 1. The zero-order valence-corrected chi connectivity index (χ0v) is 27.3. The fourth-order valence-electron chi connectivity index (χ4n) is 6.44. The van der Waals surface area contributed by atoms with Gasteiger partial charge in [0.2, 0.25) is 5.91 Å². The number of fused-ring (bicyclic) bond motifs is 2. The predicted molar refractivity (Wildman–Crippen MR) is 175 cm³/mol. The number of hydrogen-bond acceptors (Lipinski definition) is 9. The first-order chi connectivity index (χ1) is 22.6. The third kappa shape index (κ3) is 6.38. The average Bonchev–Trinajstić information content (AvgIpc) is 3.47. The number of piperidine rings is 1. The minimum absolute atomic E-state index is 0.0301. The van der Waals surface area contributed by atoms with E-state index in [1.54, 1.807) is 30.3 Å². The van der Waals surface area contributed by atoms with Gasteiger partial charge in [-0.2, -0.15) is 5.10 Å². The summed E-state index contributed by atoms with van der Waals surface area (Å²) >= 11 is 3.38. The summed E-state index contributed by atoms with van der Waals surface area (Å²) in [5.41, 5.74) is 12.2. The highest BCUT2D eigenvalue weighted by molar-refractivity contribution is 9.10. The van der Waals surface area contributed by atoms with E-state index in [4.69, 9.17) is 16.7 Å². The predicted octanol–water partition coefficient (Wildman–Crippen LogP) is 4.79. The number of ketones is 2. The Morgan fingerprint density at radius 3 is 2.70 bits per heavy atom. The van der Waals surface area contributed by atoms with Crippen molar-refractivity contribution in [1.82, 2.24) is 29.6 Å². The van der Waals surface area contributed by atoms with Gasteiger partial charge in [-0.25, -0.2) is 15.0 Å². The smallest absolute Gasteiger partial charge is 0.245 e. The summed E-state index contributed by atoms with van der Waals surface area (Å²) in [4.78, 5) is 58.3. The lowest BCUT2D eigenvalue weighted by Crippen LogP contribution is -2.45. The van der Waals surface area contributed by atoms with Crippen molar-refractivity contribution in [2.45, 2.75) is 58.3 Å². The van der Waals surface area contributed by atoms with Gasteiger partial charge in [-0.3, -0.25) is 19.1 Å². The van der Waals surface area contributed by atoms with Crippen LogP contribution in [0.15, 0.2) is 52.4 Å². The van der Waals surface area contributed by atoms with E-state index in [1.165, 1.54) is 11.6 Å². The highest BCUT2D eigenvalue weighted by Crippen LogP contribution is 2.60. The summed E-state index contributed by atoms with van der Waals surface area (Å²) in [5, 5.41) is 8.95. The normalized spacial score (nSPS) is 19.6. The lowest BCUT2D eigenvalue weighted by molar-refractivity contribution is -0.139. The molecule has 0 spiro atoms. The Balaban J connectivity index is 1.29. The SMILES string of the molecule is C#CCOCc1ccc(Br)nc1CC(=O)[C@@H]1C[C@@]2(CN=[N+]=[N-])C[C@H]2N1C(=O)Cn1nc(C(C)=O)c2cc(-c3cnc(C)nc3)ccc21. The van der Waals surface area contributed by atoms with Gasteiger partial charge >= 0.3 is 0 Å². The fraction of sp³-hybridized carbons (Fsp3) is 0.364. The van der Waals surface area contributed by atoms with Crippen molar-refractivity contribution in [3.05, 3.63) is 80.5 Å². The second kappa shape index (κ2) is 13.0. The zero-order chi connectivity index (χ0) is 33.3. The maximum atomic E-state index is 14.1. The van der Waals surface area contributed by atoms with Crippen LogP contribution in [0.2, 0.25) is 0 Å². The summed E-state index contributed by atoms with van der Waals surface area (Å²) in [6, 6.07) is 8.10. The molecule has 4 heterocycles. The molecule has 1 saturated carbocycles. The molecule has 1 saturated heterocycles. The molecule has 1 amide bonds. The van der Waals surface area contributed by atoms with Gasteiger partial charge in [0.05, 0.1) is 30.3 Å². The number of ether oxygens (including phenoxy) is 1. The molecule has 238 valence electrons. The van der Waals surface area contributed by atoms with Crippen LogP contribution in [0.25, 0.3) is 32.5 Å². The van der Waals surface area contributed by atoms with Crippen LogP contribution in [0.5, 0.6) is 0 Å². The third-order valence-electron chi connectivity index (χ3n) is 8.83. The van der Waals surface area contributed by atoms with Crippen molar-refractivity contribution >= 4 is 44.3 Å². The number of Topliss-reactive ketones (excluding diaryl/α,β-unsaturated/α-hetero) is 2. The van der Waals surface area contributed by atoms with Gasteiger partial charge in [0, 0.05) is 53.2 Å². The standard InChI is InChI=1S/C33H30BrN9O4/c1-4-9-47-17-22-6-8-30(34)39-25(22)11-28(45)27-12-33(18-38-41-35)13-29(33)43(27)31(46)16-42-26-7-5-21(23-14-36-20(3)37-15-23)10-24(26)32(40-42)19(2)44/h1,5-8,10,14-15,27,29H,9,11-13,16-18H2,2-3H3/t27-,29+,33-/m0/s1. The number of aromatic nitrogens is 5. The van der Waals surface area contributed by atoms with E-state index in [2.05, 4.69) is 51.9 Å².